The van der Waals surface area contributed by atoms with E-state index in [1.54, 1.807) is 12.5 Å². The lowest BCUT2D eigenvalue weighted by Crippen LogP contribution is -2.22. The summed E-state index contributed by atoms with van der Waals surface area (Å²) in [5, 5.41) is 12.1. The van der Waals surface area contributed by atoms with Gasteiger partial charge in [-0.3, -0.25) is 9.36 Å². The SMILES string of the molecule is C[C@H](Sc1nnc(N2CCCC2)n1Cc1ccco1)c1nc2scc(-c3ccco3)c2c(=O)[nH]1. The van der Waals surface area contributed by atoms with E-state index in [1.165, 1.54) is 23.1 Å². The standard InChI is InChI=1S/C23H22N6O3S2/c1-14(19-24-20(30)18-16(13-33-21(18)25-19)17-7-5-11-32-17)34-23-27-26-22(28-8-2-3-9-28)29(23)12-15-6-4-10-31-15/h4-7,10-11,13-14H,2-3,8-9,12H2,1H3,(H,24,25,30)/t14-/m0/s1. The normalized spacial score (nSPS) is 14.9. The third kappa shape index (κ3) is 3.84. The van der Waals surface area contributed by atoms with Gasteiger partial charge in [-0.2, -0.15) is 0 Å². The summed E-state index contributed by atoms with van der Waals surface area (Å²) in [6.07, 6.45) is 5.58. The topological polar surface area (TPSA) is 106 Å². The van der Waals surface area contributed by atoms with Crippen molar-refractivity contribution in [3.8, 4) is 11.3 Å². The van der Waals surface area contributed by atoms with Crippen molar-refractivity contribution in [3.05, 3.63) is 64.1 Å². The van der Waals surface area contributed by atoms with Gasteiger partial charge >= 0.3 is 0 Å². The number of fused-ring (bicyclic) bond motifs is 1. The van der Waals surface area contributed by atoms with Crippen LogP contribution in [-0.4, -0.2) is 37.8 Å². The molecule has 5 aromatic heterocycles. The molecule has 9 nitrogen and oxygen atoms in total. The second-order valence-corrected chi connectivity index (χ2v) is 10.3. The van der Waals surface area contributed by atoms with Gasteiger partial charge in [0, 0.05) is 24.0 Å². The van der Waals surface area contributed by atoms with E-state index in [4.69, 9.17) is 13.8 Å². The van der Waals surface area contributed by atoms with Gasteiger partial charge in [-0.1, -0.05) is 11.8 Å². The third-order valence-corrected chi connectivity index (χ3v) is 7.86. The number of nitrogens with zero attached hydrogens (tertiary/aromatic N) is 5. The minimum Gasteiger partial charge on any atom is -0.467 e. The van der Waals surface area contributed by atoms with Crippen LogP contribution >= 0.6 is 23.1 Å². The number of hydrogen-bond acceptors (Lipinski definition) is 9. The summed E-state index contributed by atoms with van der Waals surface area (Å²) in [7, 11) is 0. The maximum atomic E-state index is 13.0. The van der Waals surface area contributed by atoms with Gasteiger partial charge in [0.05, 0.1) is 29.7 Å². The molecule has 0 amide bonds. The van der Waals surface area contributed by atoms with Crippen LogP contribution in [0.15, 0.2) is 61.0 Å². The van der Waals surface area contributed by atoms with Crippen molar-refractivity contribution in [3.63, 3.8) is 0 Å². The fourth-order valence-corrected chi connectivity index (χ4v) is 6.04. The average Bonchev–Trinajstić information content (AvgIpc) is 3.65. The zero-order chi connectivity index (χ0) is 23.1. The lowest BCUT2D eigenvalue weighted by Gasteiger charge is -2.18. The summed E-state index contributed by atoms with van der Waals surface area (Å²) >= 11 is 2.96. The molecule has 1 aliphatic heterocycles. The van der Waals surface area contributed by atoms with Crippen molar-refractivity contribution in [1.82, 2.24) is 24.7 Å². The molecule has 174 valence electrons. The highest BCUT2D eigenvalue weighted by Crippen LogP contribution is 2.36. The van der Waals surface area contributed by atoms with E-state index in [0.29, 0.717) is 28.3 Å². The molecule has 1 fully saturated rings. The molecule has 1 aliphatic rings. The molecule has 0 spiro atoms. The van der Waals surface area contributed by atoms with E-state index in [2.05, 4.69) is 24.6 Å². The largest absolute Gasteiger partial charge is 0.467 e. The van der Waals surface area contributed by atoms with Crippen LogP contribution in [0.5, 0.6) is 0 Å². The first-order chi connectivity index (χ1) is 16.7. The first-order valence-corrected chi connectivity index (χ1v) is 12.9. The van der Waals surface area contributed by atoms with E-state index < -0.39 is 0 Å². The van der Waals surface area contributed by atoms with Crippen LogP contribution in [0.4, 0.5) is 5.95 Å². The maximum absolute atomic E-state index is 13.0. The first-order valence-electron chi connectivity index (χ1n) is 11.1. The van der Waals surface area contributed by atoms with Crippen LogP contribution in [0.2, 0.25) is 0 Å². The third-order valence-electron chi connectivity index (χ3n) is 5.90. The highest BCUT2D eigenvalue weighted by molar-refractivity contribution is 7.99. The minimum atomic E-state index is -0.171. The number of thiophene rings is 1. The van der Waals surface area contributed by atoms with Gasteiger partial charge in [-0.15, -0.1) is 21.5 Å². The summed E-state index contributed by atoms with van der Waals surface area (Å²) in [6, 6.07) is 7.48. The number of thioether (sulfide) groups is 1. The Kier molecular flexibility index (Phi) is 5.50. The highest BCUT2D eigenvalue weighted by atomic mass is 32.2. The molecule has 0 aliphatic carbocycles. The van der Waals surface area contributed by atoms with Gasteiger partial charge in [0.1, 0.15) is 22.2 Å². The Balaban J connectivity index is 1.32. The molecule has 0 bridgehead atoms. The maximum Gasteiger partial charge on any atom is 0.260 e. The predicted octanol–water partition coefficient (Wildman–Crippen LogP) is 4.93. The molecule has 1 atom stereocenters. The molecule has 0 unspecified atom stereocenters. The second kappa shape index (κ2) is 8.80. The van der Waals surface area contributed by atoms with Gasteiger partial charge in [0.25, 0.3) is 5.56 Å². The molecule has 34 heavy (non-hydrogen) atoms. The Morgan fingerprint density at radius 1 is 1.18 bits per heavy atom. The van der Waals surface area contributed by atoms with E-state index in [-0.39, 0.29) is 10.8 Å². The fourth-order valence-electron chi connectivity index (χ4n) is 4.20. The Hall–Kier alpha value is -3.31. The fraction of sp³-hybridized carbons (Fsp3) is 0.304. The summed E-state index contributed by atoms with van der Waals surface area (Å²) < 4.78 is 13.2. The average molecular weight is 495 g/mol. The zero-order valence-corrected chi connectivity index (χ0v) is 20.1. The quantitative estimate of drug-likeness (QED) is 0.318. The van der Waals surface area contributed by atoms with Crippen LogP contribution < -0.4 is 10.5 Å². The number of H-pyrrole nitrogens is 1. The summed E-state index contributed by atoms with van der Waals surface area (Å²) in [5.41, 5.74) is 0.592. The Morgan fingerprint density at radius 3 is 2.76 bits per heavy atom. The van der Waals surface area contributed by atoms with Gasteiger partial charge < -0.3 is 18.7 Å². The van der Waals surface area contributed by atoms with Gasteiger partial charge in [-0.25, -0.2) is 4.98 Å². The molecule has 0 aromatic carbocycles. The number of hydrogen-bond donors (Lipinski definition) is 1. The Morgan fingerprint density at radius 2 is 2.00 bits per heavy atom. The minimum absolute atomic E-state index is 0.141. The molecule has 11 heteroatoms. The van der Waals surface area contributed by atoms with Crippen LogP contribution in [-0.2, 0) is 6.54 Å². The van der Waals surface area contributed by atoms with Crippen LogP contribution in [0.25, 0.3) is 21.5 Å². The van der Waals surface area contributed by atoms with Crippen molar-refractivity contribution < 1.29 is 8.83 Å². The van der Waals surface area contributed by atoms with Crippen LogP contribution in [0.1, 0.15) is 36.6 Å². The number of anilines is 1. The van der Waals surface area contributed by atoms with E-state index in [1.807, 2.05) is 36.6 Å². The zero-order valence-electron chi connectivity index (χ0n) is 18.4. The van der Waals surface area contributed by atoms with Crippen LogP contribution in [0.3, 0.4) is 0 Å². The molecule has 0 radical (unpaired) electrons. The van der Waals surface area contributed by atoms with Crippen molar-refractivity contribution in [1.29, 1.82) is 0 Å². The molecule has 1 saturated heterocycles. The molecule has 1 N–H and O–H groups in total. The van der Waals surface area contributed by atoms with Gasteiger partial charge in [0.2, 0.25) is 5.95 Å². The number of furan rings is 2. The summed E-state index contributed by atoms with van der Waals surface area (Å²) in [5.74, 6) is 2.95. The smallest absolute Gasteiger partial charge is 0.260 e. The molecular formula is C23H22N6O3S2. The van der Waals surface area contributed by atoms with Gasteiger partial charge in [0.15, 0.2) is 5.16 Å². The number of nitrogens with one attached hydrogen (secondary N) is 1. The van der Waals surface area contributed by atoms with E-state index >= 15 is 0 Å². The van der Waals surface area contributed by atoms with E-state index in [9.17, 15) is 4.79 Å². The molecular weight excluding hydrogens is 472 g/mol. The molecule has 0 saturated carbocycles. The van der Waals surface area contributed by atoms with Crippen molar-refractivity contribution in [2.45, 2.75) is 36.7 Å². The number of aromatic nitrogens is 5. The van der Waals surface area contributed by atoms with Crippen molar-refractivity contribution >= 4 is 39.3 Å². The Bertz CT molecular complexity index is 1460. The molecule has 6 rings (SSSR count). The highest BCUT2D eigenvalue weighted by Gasteiger charge is 2.25. The Labute approximate surface area is 202 Å². The van der Waals surface area contributed by atoms with Crippen molar-refractivity contribution in [2.75, 3.05) is 18.0 Å². The second-order valence-electron chi connectivity index (χ2n) is 8.16. The summed E-state index contributed by atoms with van der Waals surface area (Å²) in [6.45, 7) is 4.50. The lowest BCUT2D eigenvalue weighted by atomic mass is 10.2. The molecule has 5 aromatic rings. The molecule has 6 heterocycles. The van der Waals surface area contributed by atoms with Gasteiger partial charge in [-0.05, 0) is 44.0 Å². The van der Waals surface area contributed by atoms with Crippen molar-refractivity contribution in [2.24, 2.45) is 0 Å². The monoisotopic (exact) mass is 494 g/mol. The first kappa shape index (κ1) is 21.2. The van der Waals surface area contributed by atoms with E-state index in [0.717, 1.165) is 48.4 Å². The predicted molar refractivity (Wildman–Crippen MR) is 131 cm³/mol. The lowest BCUT2D eigenvalue weighted by molar-refractivity contribution is 0.483. The van der Waals surface area contributed by atoms with Crippen LogP contribution in [0, 0.1) is 0 Å². The number of rotatable bonds is 7. The summed E-state index contributed by atoms with van der Waals surface area (Å²) in [4.78, 5) is 23.7. The number of aromatic amines is 1.